The Morgan fingerprint density at radius 3 is 2.28 bits per heavy atom. The second kappa shape index (κ2) is 15.2. The molecule has 0 bridgehead atoms. The summed E-state index contributed by atoms with van der Waals surface area (Å²) in [6.45, 7) is 5.63. The maximum Gasteiger partial charge on any atom is 0.407 e. The van der Waals surface area contributed by atoms with E-state index in [0.29, 0.717) is 17.9 Å². The fraction of sp³-hybridized carbons (Fsp3) is 0.400. The molecule has 11 heteroatoms. The summed E-state index contributed by atoms with van der Waals surface area (Å²) < 4.78 is 5.67. The van der Waals surface area contributed by atoms with Crippen LogP contribution in [-0.4, -0.2) is 63.6 Å². The summed E-state index contributed by atoms with van der Waals surface area (Å²) in [7, 11) is 1.23. The van der Waals surface area contributed by atoms with E-state index in [9.17, 15) is 24.7 Å². The summed E-state index contributed by atoms with van der Waals surface area (Å²) in [5, 5.41) is 28.0. The van der Waals surface area contributed by atoms with E-state index in [0.717, 1.165) is 26.7 Å². The van der Waals surface area contributed by atoms with Gasteiger partial charge in [-0.3, -0.25) is 19.8 Å². The van der Waals surface area contributed by atoms with Gasteiger partial charge in [0.15, 0.2) is 5.60 Å². The summed E-state index contributed by atoms with van der Waals surface area (Å²) in [5.74, 6) is -1.24. The van der Waals surface area contributed by atoms with Gasteiger partial charge in [0, 0.05) is 17.4 Å². The van der Waals surface area contributed by atoms with Crippen molar-refractivity contribution in [3.05, 3.63) is 106 Å². The molecular formula is C35H43BrN4O6. The number of nitrogens with zero attached hydrogens (tertiary/aromatic N) is 2. The number of fused-ring (bicyclic) bond motifs is 1. The van der Waals surface area contributed by atoms with E-state index in [2.05, 4.69) is 26.7 Å². The number of ether oxygens (including phenoxy) is 1. The Balaban J connectivity index is 1.59. The van der Waals surface area contributed by atoms with Gasteiger partial charge >= 0.3 is 6.09 Å². The minimum atomic E-state index is -2.00. The van der Waals surface area contributed by atoms with Gasteiger partial charge in [-0.2, -0.15) is 0 Å². The molecule has 4 N–H and O–H groups in total. The molecule has 0 radical (unpaired) electrons. The highest BCUT2D eigenvalue weighted by atomic mass is 79.9. The first-order valence-corrected chi connectivity index (χ1v) is 16.1. The fourth-order valence-electron chi connectivity index (χ4n) is 5.71. The molecule has 10 nitrogen and oxygen atoms in total. The number of hydrazine groups is 1. The third kappa shape index (κ3) is 8.73. The number of methoxy groups -OCH3 is 1. The molecule has 1 aliphatic carbocycles. The number of aliphatic hydroxyl groups is 1. The summed E-state index contributed by atoms with van der Waals surface area (Å²) >= 11 is 3.43. The Morgan fingerprint density at radius 2 is 1.63 bits per heavy atom. The van der Waals surface area contributed by atoms with E-state index in [-0.39, 0.29) is 25.9 Å². The minimum absolute atomic E-state index is 0.00151. The van der Waals surface area contributed by atoms with Crippen molar-refractivity contribution in [1.82, 2.24) is 20.8 Å². The number of hydroxylamine groups is 2. The molecule has 0 spiro atoms. The molecule has 0 fully saturated rings. The first-order valence-electron chi connectivity index (χ1n) is 15.3. The van der Waals surface area contributed by atoms with Crippen molar-refractivity contribution < 1.29 is 29.4 Å². The van der Waals surface area contributed by atoms with Crippen LogP contribution in [0.2, 0.25) is 0 Å². The number of amides is 3. The molecule has 3 aromatic carbocycles. The quantitative estimate of drug-likeness (QED) is 0.149. The van der Waals surface area contributed by atoms with Gasteiger partial charge < -0.3 is 15.2 Å². The highest BCUT2D eigenvalue weighted by Gasteiger charge is 2.43. The Labute approximate surface area is 278 Å². The van der Waals surface area contributed by atoms with Crippen molar-refractivity contribution in [3.63, 3.8) is 0 Å². The molecule has 46 heavy (non-hydrogen) atoms. The van der Waals surface area contributed by atoms with E-state index in [4.69, 9.17) is 4.74 Å². The molecule has 3 aromatic rings. The third-order valence-corrected chi connectivity index (χ3v) is 8.79. The number of rotatable bonds is 12. The Kier molecular flexibility index (Phi) is 11.6. The summed E-state index contributed by atoms with van der Waals surface area (Å²) in [5.41, 5.74) is 3.89. The molecule has 0 aromatic heterocycles. The zero-order valence-corrected chi connectivity index (χ0v) is 28.3. The van der Waals surface area contributed by atoms with Gasteiger partial charge in [-0.1, -0.05) is 103 Å². The van der Waals surface area contributed by atoms with Crippen LogP contribution in [0.4, 0.5) is 4.79 Å². The van der Waals surface area contributed by atoms with Crippen molar-refractivity contribution in [1.29, 1.82) is 0 Å². The Bertz CT molecular complexity index is 1500. The van der Waals surface area contributed by atoms with E-state index >= 15 is 0 Å². The average Bonchev–Trinajstić information content (AvgIpc) is 3.47. The van der Waals surface area contributed by atoms with Crippen LogP contribution in [0.15, 0.2) is 83.3 Å². The van der Waals surface area contributed by atoms with E-state index < -0.39 is 41.0 Å². The molecule has 0 saturated heterocycles. The van der Waals surface area contributed by atoms with Crippen molar-refractivity contribution in [2.75, 3.05) is 13.7 Å². The fourth-order valence-corrected chi connectivity index (χ4v) is 5.98. The zero-order valence-electron chi connectivity index (χ0n) is 26.7. The van der Waals surface area contributed by atoms with Crippen molar-refractivity contribution in [2.24, 2.45) is 5.41 Å². The van der Waals surface area contributed by atoms with Crippen LogP contribution in [-0.2, 0) is 33.7 Å². The van der Waals surface area contributed by atoms with Crippen molar-refractivity contribution in [3.8, 4) is 0 Å². The van der Waals surface area contributed by atoms with Crippen LogP contribution in [0.1, 0.15) is 61.9 Å². The van der Waals surface area contributed by atoms with Gasteiger partial charge in [-0.15, -0.1) is 0 Å². The lowest BCUT2D eigenvalue weighted by molar-refractivity contribution is -0.197. The minimum Gasteiger partial charge on any atom is -0.453 e. The van der Waals surface area contributed by atoms with Crippen LogP contribution < -0.4 is 10.7 Å². The molecule has 3 amide bonds. The molecule has 4 rings (SSSR count). The van der Waals surface area contributed by atoms with Gasteiger partial charge in [0.05, 0.1) is 19.7 Å². The molecular weight excluding hydrogens is 652 g/mol. The second-order valence-corrected chi connectivity index (χ2v) is 13.7. The lowest BCUT2D eigenvalue weighted by Gasteiger charge is -2.36. The number of aryl methyl sites for hydroxylation is 1. The Hall–Kier alpha value is -3.77. The molecule has 1 aliphatic rings. The highest BCUT2D eigenvalue weighted by Crippen LogP contribution is 2.36. The monoisotopic (exact) mass is 694 g/mol. The number of carbonyl (C=O) groups is 3. The SMILES string of the molecule is COC(=O)N[C@H](C(=O)N(Cc1ccc(Br)cc1)NCCC(O)(Cc1ccccc1)C(=O)N(O)C1CCc2ccccc21)C(C)(C)C. The van der Waals surface area contributed by atoms with Gasteiger partial charge in [0.2, 0.25) is 0 Å². The Morgan fingerprint density at radius 1 is 0.978 bits per heavy atom. The van der Waals surface area contributed by atoms with Gasteiger partial charge in [0.25, 0.3) is 11.8 Å². The van der Waals surface area contributed by atoms with Gasteiger partial charge in [-0.05, 0) is 59.1 Å². The van der Waals surface area contributed by atoms with E-state index in [1.807, 2.05) is 99.6 Å². The normalized spacial score (nSPS) is 16.1. The topological polar surface area (TPSA) is 131 Å². The predicted molar refractivity (Wildman–Crippen MR) is 177 cm³/mol. The number of hydrogen-bond donors (Lipinski definition) is 4. The number of carbonyl (C=O) groups excluding carboxylic acids is 3. The predicted octanol–water partition coefficient (Wildman–Crippen LogP) is 5.32. The number of alkyl carbamates (subject to hydrolysis) is 1. The lowest BCUT2D eigenvalue weighted by Crippen LogP contribution is -2.58. The number of nitrogens with one attached hydrogen (secondary N) is 2. The van der Waals surface area contributed by atoms with E-state index in [1.165, 1.54) is 12.1 Å². The molecule has 0 saturated carbocycles. The lowest BCUT2D eigenvalue weighted by atomic mass is 9.86. The molecule has 246 valence electrons. The molecule has 3 atom stereocenters. The molecule has 0 aliphatic heterocycles. The first-order chi connectivity index (χ1) is 21.8. The van der Waals surface area contributed by atoms with Crippen molar-refractivity contribution >= 4 is 33.8 Å². The third-order valence-electron chi connectivity index (χ3n) is 8.26. The zero-order chi connectivity index (χ0) is 33.5. The van der Waals surface area contributed by atoms with Crippen LogP contribution in [0.3, 0.4) is 0 Å². The van der Waals surface area contributed by atoms with Crippen LogP contribution >= 0.6 is 15.9 Å². The average molecular weight is 696 g/mol. The van der Waals surface area contributed by atoms with Crippen LogP contribution in [0.25, 0.3) is 0 Å². The first kappa shape index (κ1) is 35.1. The summed E-state index contributed by atoms with van der Waals surface area (Å²) in [6.07, 6.45) is 0.343. The number of hydrogen-bond acceptors (Lipinski definition) is 7. The smallest absolute Gasteiger partial charge is 0.407 e. The largest absolute Gasteiger partial charge is 0.453 e. The van der Waals surface area contributed by atoms with E-state index in [1.54, 1.807) is 0 Å². The maximum atomic E-state index is 14.0. The molecule has 2 unspecified atom stereocenters. The summed E-state index contributed by atoms with van der Waals surface area (Å²) in [4.78, 5) is 40.2. The highest BCUT2D eigenvalue weighted by molar-refractivity contribution is 9.10. The van der Waals surface area contributed by atoms with Crippen LogP contribution in [0, 0.1) is 5.41 Å². The van der Waals surface area contributed by atoms with Gasteiger partial charge in [-0.25, -0.2) is 15.3 Å². The molecule has 0 heterocycles. The maximum absolute atomic E-state index is 14.0. The number of halogens is 1. The van der Waals surface area contributed by atoms with Crippen LogP contribution in [0.5, 0.6) is 0 Å². The van der Waals surface area contributed by atoms with Crippen molar-refractivity contribution in [2.45, 2.75) is 70.7 Å². The standard InChI is InChI=1S/C35H43BrN4O6/c1-34(2,3)30(38-33(43)46-4)31(41)39(23-25-14-17-27(36)18-15-25)37-21-20-35(44,22-24-10-6-5-7-11-24)32(42)40(45)29-19-16-26-12-8-9-13-28(26)29/h5-15,17-18,29-30,37,44-45H,16,19-23H2,1-4H3,(H,38,43)/t29?,30-,35?/m1/s1. The second-order valence-electron chi connectivity index (χ2n) is 12.7. The summed E-state index contributed by atoms with van der Waals surface area (Å²) in [6, 6.07) is 22.7. The van der Waals surface area contributed by atoms with Gasteiger partial charge in [0.1, 0.15) is 6.04 Å². The number of benzene rings is 3.